The number of ketones is 2. The molecular formula is C22H24N2O4S2. The van der Waals surface area contributed by atoms with Crippen molar-refractivity contribution in [3.05, 3.63) is 36.1 Å². The maximum Gasteiger partial charge on any atom is 0.203 e. The van der Waals surface area contributed by atoms with Crippen LogP contribution in [0, 0.1) is 11.8 Å². The van der Waals surface area contributed by atoms with E-state index < -0.39 is 23.9 Å². The maximum absolute atomic E-state index is 13.1. The number of nitrogens with one attached hydrogen (secondary N) is 2. The fourth-order valence-corrected chi connectivity index (χ4v) is 5.13. The second kappa shape index (κ2) is 9.09. The number of carbonyl (C=O) groups is 3. The Labute approximate surface area is 185 Å². The van der Waals surface area contributed by atoms with Gasteiger partial charge in [0, 0.05) is 35.6 Å². The minimum absolute atomic E-state index is 0.0285. The summed E-state index contributed by atoms with van der Waals surface area (Å²) in [6.07, 6.45) is 2.16. The summed E-state index contributed by atoms with van der Waals surface area (Å²) in [7, 11) is 0. The van der Waals surface area contributed by atoms with Gasteiger partial charge in [-0.3, -0.25) is 14.4 Å². The van der Waals surface area contributed by atoms with Crippen molar-refractivity contribution in [3.63, 3.8) is 0 Å². The van der Waals surface area contributed by atoms with Gasteiger partial charge >= 0.3 is 0 Å². The first-order valence-corrected chi connectivity index (χ1v) is 11.1. The number of thiocarbonyl (C=S) groups is 1. The lowest BCUT2D eigenvalue weighted by Crippen LogP contribution is -2.47. The van der Waals surface area contributed by atoms with Crippen LogP contribution in [0.1, 0.15) is 25.0 Å². The number of rotatable bonds is 8. The summed E-state index contributed by atoms with van der Waals surface area (Å²) in [6.45, 7) is 0.950. The molecule has 2 aliphatic rings. The molecular weight excluding hydrogens is 420 g/mol. The summed E-state index contributed by atoms with van der Waals surface area (Å²) >= 11 is 9.30. The number of hydrogen-bond donors (Lipinski definition) is 3. The lowest BCUT2D eigenvalue weighted by molar-refractivity contribution is -0.131. The van der Waals surface area contributed by atoms with E-state index in [-0.39, 0.29) is 16.7 Å². The summed E-state index contributed by atoms with van der Waals surface area (Å²) in [5, 5.41) is 6.83. The van der Waals surface area contributed by atoms with E-state index in [1.54, 1.807) is 0 Å². The summed E-state index contributed by atoms with van der Waals surface area (Å²) < 4.78 is 5.81. The van der Waals surface area contributed by atoms with Crippen LogP contribution < -0.4 is 10.6 Å². The highest BCUT2D eigenvalue weighted by molar-refractivity contribution is 7.96. The molecule has 2 saturated heterocycles. The van der Waals surface area contributed by atoms with Gasteiger partial charge in [0.2, 0.25) is 5.12 Å². The molecule has 0 spiro atoms. The minimum Gasteiger partial charge on any atom is -0.461 e. The highest BCUT2D eigenvalue weighted by Gasteiger charge is 2.46. The van der Waals surface area contributed by atoms with Gasteiger partial charge in [-0.1, -0.05) is 30.4 Å². The molecule has 2 fully saturated rings. The van der Waals surface area contributed by atoms with E-state index in [1.807, 2.05) is 30.3 Å². The predicted molar refractivity (Wildman–Crippen MR) is 121 cm³/mol. The molecule has 30 heavy (non-hydrogen) atoms. The Kier molecular flexibility index (Phi) is 6.48. The summed E-state index contributed by atoms with van der Waals surface area (Å²) in [4.78, 5) is 38.4. The number of aryl methyl sites for hydroxylation is 1. The number of furan rings is 1. The van der Waals surface area contributed by atoms with Crippen molar-refractivity contribution in [2.75, 3.05) is 13.1 Å². The maximum atomic E-state index is 13.1. The smallest absolute Gasteiger partial charge is 0.203 e. The molecule has 0 bridgehead atoms. The van der Waals surface area contributed by atoms with E-state index in [4.69, 9.17) is 16.6 Å². The van der Waals surface area contributed by atoms with Crippen molar-refractivity contribution in [2.45, 2.75) is 37.8 Å². The topological polar surface area (TPSA) is 88.4 Å². The Bertz CT molecular complexity index is 969. The number of fused-ring (bicyclic) bond motifs is 1. The van der Waals surface area contributed by atoms with Crippen molar-refractivity contribution < 1.29 is 18.8 Å². The molecule has 158 valence electrons. The van der Waals surface area contributed by atoms with Gasteiger partial charge in [-0.05, 0) is 31.5 Å². The van der Waals surface area contributed by atoms with Gasteiger partial charge < -0.3 is 15.1 Å². The second-order valence-corrected chi connectivity index (χ2v) is 8.91. The largest absolute Gasteiger partial charge is 0.461 e. The molecule has 4 atom stereocenters. The summed E-state index contributed by atoms with van der Waals surface area (Å²) in [5.41, 5.74) is 0.837. The molecule has 0 amide bonds. The highest BCUT2D eigenvalue weighted by atomic mass is 32.1. The lowest BCUT2D eigenvalue weighted by atomic mass is 9.83. The van der Waals surface area contributed by atoms with Crippen LogP contribution in [0.3, 0.4) is 0 Å². The third-order valence-corrected chi connectivity index (χ3v) is 6.68. The standard InChI is InChI=1S/C22H24N2O4S2/c25-15(6-3-5-13-10-12-4-1-2-7-16(12)28-13)18-17(29)11-24-20(18)21(26)14-8-9-23-19(14)22(27)30/h1-2,4,7,10,14,18-20,23-24H,3,5-6,8-9,11H2,(H,27,30)/t14?,18?,19-,20-/m0/s1. The first-order chi connectivity index (χ1) is 14.5. The average Bonchev–Trinajstić information content (AvgIpc) is 3.44. The minimum atomic E-state index is -0.656. The Hall–Kier alpha value is -1.87. The van der Waals surface area contributed by atoms with Crippen LogP contribution in [0.15, 0.2) is 34.7 Å². The number of hydrogen-bond acceptors (Lipinski definition) is 7. The number of para-hydroxylation sites is 1. The number of thiol groups is 1. The fourth-order valence-electron chi connectivity index (χ4n) is 4.51. The third kappa shape index (κ3) is 4.27. The molecule has 0 saturated carbocycles. The van der Waals surface area contributed by atoms with Crippen molar-refractivity contribution >= 4 is 57.4 Å². The first-order valence-electron chi connectivity index (χ1n) is 10.2. The van der Waals surface area contributed by atoms with Gasteiger partial charge in [-0.25, -0.2) is 0 Å². The Balaban J connectivity index is 1.38. The first kappa shape index (κ1) is 21.4. The van der Waals surface area contributed by atoms with E-state index in [0.717, 1.165) is 16.7 Å². The quantitative estimate of drug-likeness (QED) is 0.425. The molecule has 2 aliphatic heterocycles. The Morgan fingerprint density at radius 2 is 1.97 bits per heavy atom. The zero-order chi connectivity index (χ0) is 21.3. The number of Topliss-reactive ketones (excluding diaryl/α,β-unsaturated/α-hetero) is 2. The van der Waals surface area contributed by atoms with Crippen molar-refractivity contribution in [2.24, 2.45) is 11.8 Å². The zero-order valence-corrected chi connectivity index (χ0v) is 18.1. The molecule has 8 heteroatoms. The predicted octanol–water partition coefficient (Wildman–Crippen LogP) is 2.29. The molecule has 1 aromatic heterocycles. The molecule has 2 aromatic rings. The van der Waals surface area contributed by atoms with Crippen molar-refractivity contribution in [1.29, 1.82) is 0 Å². The van der Waals surface area contributed by atoms with Gasteiger partial charge in [-0.15, -0.1) is 12.6 Å². The summed E-state index contributed by atoms with van der Waals surface area (Å²) in [5.74, 6) is -0.392. The normalized spacial score (nSPS) is 26.4. The molecule has 2 unspecified atom stereocenters. The van der Waals surface area contributed by atoms with E-state index in [2.05, 4.69) is 23.3 Å². The number of carbonyl (C=O) groups excluding carboxylic acids is 3. The molecule has 1 aromatic carbocycles. The monoisotopic (exact) mass is 444 g/mol. The van der Waals surface area contributed by atoms with Crippen LogP contribution >= 0.6 is 24.8 Å². The molecule has 0 radical (unpaired) electrons. The molecule has 3 heterocycles. The number of benzene rings is 1. The van der Waals surface area contributed by atoms with Gasteiger partial charge in [0.25, 0.3) is 0 Å². The van der Waals surface area contributed by atoms with E-state index in [1.165, 1.54) is 0 Å². The third-order valence-electron chi connectivity index (χ3n) is 6.01. The van der Waals surface area contributed by atoms with Crippen LogP contribution in [-0.4, -0.2) is 46.7 Å². The zero-order valence-electron chi connectivity index (χ0n) is 16.4. The Morgan fingerprint density at radius 1 is 1.17 bits per heavy atom. The average molecular weight is 445 g/mol. The van der Waals surface area contributed by atoms with Gasteiger partial charge in [0.15, 0.2) is 5.78 Å². The SMILES string of the molecule is O=C(CCCc1cc2ccccc2o1)C1C(=S)CN[C@@H]1C(=O)C1CCN[C@@H]1C(=O)S. The fraction of sp³-hybridized carbons (Fsp3) is 0.455. The van der Waals surface area contributed by atoms with E-state index in [0.29, 0.717) is 43.6 Å². The Morgan fingerprint density at radius 3 is 2.73 bits per heavy atom. The van der Waals surface area contributed by atoms with Crippen LogP contribution in [0.2, 0.25) is 0 Å². The van der Waals surface area contributed by atoms with E-state index >= 15 is 0 Å². The van der Waals surface area contributed by atoms with Gasteiger partial charge in [-0.2, -0.15) is 0 Å². The van der Waals surface area contributed by atoms with Crippen LogP contribution in [0.4, 0.5) is 0 Å². The van der Waals surface area contributed by atoms with Crippen molar-refractivity contribution in [1.82, 2.24) is 10.6 Å². The van der Waals surface area contributed by atoms with Crippen LogP contribution in [-0.2, 0) is 20.8 Å². The molecule has 4 rings (SSSR count). The van der Waals surface area contributed by atoms with Gasteiger partial charge in [0.05, 0.1) is 18.0 Å². The molecule has 6 nitrogen and oxygen atoms in total. The van der Waals surface area contributed by atoms with Gasteiger partial charge in [0.1, 0.15) is 17.1 Å². The highest BCUT2D eigenvalue weighted by Crippen LogP contribution is 2.27. The van der Waals surface area contributed by atoms with Crippen molar-refractivity contribution in [3.8, 4) is 0 Å². The second-order valence-electron chi connectivity index (χ2n) is 7.94. The molecule has 0 aliphatic carbocycles. The lowest BCUT2D eigenvalue weighted by Gasteiger charge is -2.23. The molecule has 2 N–H and O–H groups in total. The van der Waals surface area contributed by atoms with E-state index in [9.17, 15) is 14.4 Å². The van der Waals surface area contributed by atoms with Crippen LogP contribution in [0.25, 0.3) is 11.0 Å². The van der Waals surface area contributed by atoms with Crippen LogP contribution in [0.5, 0.6) is 0 Å². The summed E-state index contributed by atoms with van der Waals surface area (Å²) in [6, 6.07) is 8.54.